The third-order valence-electron chi connectivity index (χ3n) is 3.58. The van der Waals surface area contributed by atoms with Gasteiger partial charge in [0.15, 0.2) is 6.10 Å². The zero-order valence-electron chi connectivity index (χ0n) is 19.3. The molecule has 1 saturated heterocycles. The quantitative estimate of drug-likeness (QED) is 0.334. The Bertz CT molecular complexity index is 762. The Hall–Kier alpha value is -3.18. The fourth-order valence-corrected chi connectivity index (χ4v) is 2.30. The van der Waals surface area contributed by atoms with Crippen molar-refractivity contribution in [1.82, 2.24) is 10.4 Å². The standard InChI is InChI=1S/C20H30N2O10/c1-11(16(26)32-22-13(23)8-9-14(22)24)29-15(25)10-12(17(27)30-19(2,3)4)21-18(28)31-20(5,6)7/h11-12H,8-10H2,1-7H3,(H,21,28). The Morgan fingerprint density at radius 1 is 0.906 bits per heavy atom. The van der Waals surface area contributed by atoms with Crippen LogP contribution in [0.15, 0.2) is 0 Å². The Balaban J connectivity index is 2.77. The number of esters is 2. The number of nitrogens with zero attached hydrogens (tertiary/aromatic N) is 1. The lowest BCUT2D eigenvalue weighted by molar-refractivity contribution is -0.205. The third kappa shape index (κ3) is 9.31. The predicted octanol–water partition coefficient (Wildman–Crippen LogP) is 1.15. The molecule has 2 unspecified atom stereocenters. The monoisotopic (exact) mass is 458 g/mol. The van der Waals surface area contributed by atoms with Crippen LogP contribution in [-0.4, -0.2) is 64.2 Å². The highest BCUT2D eigenvalue weighted by Crippen LogP contribution is 2.15. The molecule has 180 valence electrons. The van der Waals surface area contributed by atoms with Crippen LogP contribution >= 0.6 is 0 Å². The van der Waals surface area contributed by atoms with E-state index >= 15 is 0 Å². The maximum absolute atomic E-state index is 12.4. The van der Waals surface area contributed by atoms with E-state index in [0.29, 0.717) is 5.06 Å². The van der Waals surface area contributed by atoms with Crippen molar-refractivity contribution in [2.24, 2.45) is 0 Å². The molecule has 0 aromatic rings. The van der Waals surface area contributed by atoms with Crippen LogP contribution in [-0.2, 0) is 43.0 Å². The van der Waals surface area contributed by atoms with E-state index in [0.717, 1.165) is 6.92 Å². The number of hydrogen-bond acceptors (Lipinski definition) is 10. The van der Waals surface area contributed by atoms with Crippen LogP contribution in [0.2, 0.25) is 0 Å². The minimum atomic E-state index is -1.50. The van der Waals surface area contributed by atoms with E-state index in [2.05, 4.69) is 10.2 Å². The Labute approximate surface area is 185 Å². The second kappa shape index (κ2) is 10.4. The molecule has 32 heavy (non-hydrogen) atoms. The van der Waals surface area contributed by atoms with Crippen molar-refractivity contribution in [3.05, 3.63) is 0 Å². The molecule has 0 aliphatic carbocycles. The highest BCUT2D eigenvalue weighted by Gasteiger charge is 2.36. The number of nitrogens with one attached hydrogen (secondary N) is 1. The summed E-state index contributed by atoms with van der Waals surface area (Å²) < 4.78 is 15.2. The van der Waals surface area contributed by atoms with E-state index in [1.807, 2.05) is 0 Å². The number of amides is 3. The van der Waals surface area contributed by atoms with Crippen molar-refractivity contribution in [2.75, 3.05) is 0 Å². The Morgan fingerprint density at radius 2 is 1.41 bits per heavy atom. The molecule has 0 aromatic carbocycles. The van der Waals surface area contributed by atoms with Crippen molar-refractivity contribution in [3.63, 3.8) is 0 Å². The normalized spacial score (nSPS) is 16.2. The second-order valence-electron chi connectivity index (χ2n) is 9.06. The second-order valence-corrected chi connectivity index (χ2v) is 9.06. The average molecular weight is 458 g/mol. The topological polar surface area (TPSA) is 155 Å². The van der Waals surface area contributed by atoms with Crippen molar-refractivity contribution < 1.29 is 47.8 Å². The zero-order chi connectivity index (χ0) is 24.9. The minimum absolute atomic E-state index is 0.0891. The molecule has 0 radical (unpaired) electrons. The molecular weight excluding hydrogens is 428 g/mol. The molecule has 2 atom stereocenters. The van der Waals surface area contributed by atoms with Gasteiger partial charge in [0.2, 0.25) is 0 Å². The van der Waals surface area contributed by atoms with E-state index in [1.165, 1.54) is 0 Å². The van der Waals surface area contributed by atoms with E-state index < -0.39 is 65.6 Å². The van der Waals surface area contributed by atoms with Gasteiger partial charge in [0.25, 0.3) is 11.8 Å². The van der Waals surface area contributed by atoms with Crippen LogP contribution in [0, 0.1) is 0 Å². The Morgan fingerprint density at radius 3 is 1.88 bits per heavy atom. The first-order valence-electron chi connectivity index (χ1n) is 9.98. The van der Waals surface area contributed by atoms with Crippen molar-refractivity contribution >= 4 is 35.8 Å². The number of alkyl carbamates (subject to hydrolysis) is 1. The molecule has 1 heterocycles. The summed E-state index contributed by atoms with van der Waals surface area (Å²) in [6.07, 6.45) is -3.31. The van der Waals surface area contributed by atoms with Gasteiger partial charge in [-0.1, -0.05) is 0 Å². The summed E-state index contributed by atoms with van der Waals surface area (Å²) in [5.41, 5.74) is -1.76. The number of carbonyl (C=O) groups excluding carboxylic acids is 6. The van der Waals surface area contributed by atoms with Gasteiger partial charge in [0.05, 0.1) is 6.42 Å². The van der Waals surface area contributed by atoms with Gasteiger partial charge >= 0.3 is 24.0 Å². The van der Waals surface area contributed by atoms with E-state index in [4.69, 9.17) is 14.2 Å². The molecule has 1 rings (SSSR count). The summed E-state index contributed by atoms with van der Waals surface area (Å²) in [6.45, 7) is 10.8. The average Bonchev–Trinajstić information content (AvgIpc) is 2.89. The predicted molar refractivity (Wildman–Crippen MR) is 106 cm³/mol. The summed E-state index contributed by atoms with van der Waals surface area (Å²) in [5.74, 6) is -4.48. The number of hydroxylamine groups is 2. The molecular formula is C20H30N2O10. The van der Waals surface area contributed by atoms with Gasteiger partial charge in [0.1, 0.15) is 17.2 Å². The van der Waals surface area contributed by atoms with E-state index in [9.17, 15) is 28.8 Å². The number of carbonyl (C=O) groups is 6. The number of ether oxygens (including phenoxy) is 3. The minimum Gasteiger partial charge on any atom is -0.458 e. The van der Waals surface area contributed by atoms with Crippen LogP contribution in [0.1, 0.15) is 67.7 Å². The molecule has 12 heteroatoms. The van der Waals surface area contributed by atoms with Gasteiger partial charge in [-0.3, -0.25) is 14.4 Å². The van der Waals surface area contributed by atoms with Gasteiger partial charge in [-0.15, -0.1) is 5.06 Å². The van der Waals surface area contributed by atoms with Gasteiger partial charge in [0, 0.05) is 12.8 Å². The smallest absolute Gasteiger partial charge is 0.408 e. The van der Waals surface area contributed by atoms with Gasteiger partial charge < -0.3 is 24.4 Å². The van der Waals surface area contributed by atoms with Crippen LogP contribution < -0.4 is 5.32 Å². The fourth-order valence-electron chi connectivity index (χ4n) is 2.30. The number of hydrogen-bond donors (Lipinski definition) is 1. The lowest BCUT2D eigenvalue weighted by atomic mass is 10.1. The molecule has 0 bridgehead atoms. The lowest BCUT2D eigenvalue weighted by Crippen LogP contribution is -2.47. The van der Waals surface area contributed by atoms with Crippen molar-refractivity contribution in [1.29, 1.82) is 0 Å². The molecule has 12 nitrogen and oxygen atoms in total. The SMILES string of the molecule is CC(OC(=O)CC(NC(=O)OC(C)(C)C)C(=O)OC(C)(C)C)C(=O)ON1C(=O)CCC1=O. The van der Waals surface area contributed by atoms with Crippen molar-refractivity contribution in [3.8, 4) is 0 Å². The van der Waals surface area contributed by atoms with Gasteiger partial charge in [-0.05, 0) is 48.5 Å². The summed E-state index contributed by atoms with van der Waals surface area (Å²) >= 11 is 0. The molecule has 1 N–H and O–H groups in total. The van der Waals surface area contributed by atoms with E-state index in [1.54, 1.807) is 41.5 Å². The summed E-state index contributed by atoms with van der Waals surface area (Å²) in [7, 11) is 0. The van der Waals surface area contributed by atoms with E-state index in [-0.39, 0.29) is 12.8 Å². The summed E-state index contributed by atoms with van der Waals surface area (Å²) in [5, 5.41) is 2.57. The van der Waals surface area contributed by atoms with Crippen LogP contribution in [0.4, 0.5) is 4.79 Å². The highest BCUT2D eigenvalue weighted by molar-refractivity contribution is 6.01. The molecule has 3 amide bonds. The summed E-state index contributed by atoms with van der Waals surface area (Å²) in [6, 6.07) is -1.46. The molecule has 1 aliphatic heterocycles. The molecule has 0 saturated carbocycles. The lowest BCUT2D eigenvalue weighted by Gasteiger charge is -2.26. The highest BCUT2D eigenvalue weighted by atomic mass is 16.7. The first kappa shape index (κ1) is 26.9. The van der Waals surface area contributed by atoms with Crippen LogP contribution in [0.3, 0.4) is 0 Å². The van der Waals surface area contributed by atoms with Crippen molar-refractivity contribution in [2.45, 2.75) is 91.1 Å². The Kier molecular flexibility index (Phi) is 8.75. The molecule has 0 spiro atoms. The fraction of sp³-hybridized carbons (Fsp3) is 0.700. The van der Waals surface area contributed by atoms with Gasteiger partial charge in [-0.2, -0.15) is 0 Å². The largest absolute Gasteiger partial charge is 0.458 e. The molecule has 0 aromatic heterocycles. The maximum atomic E-state index is 12.4. The van der Waals surface area contributed by atoms with Gasteiger partial charge in [-0.25, -0.2) is 14.4 Å². The maximum Gasteiger partial charge on any atom is 0.408 e. The third-order valence-corrected chi connectivity index (χ3v) is 3.58. The first-order valence-corrected chi connectivity index (χ1v) is 9.98. The summed E-state index contributed by atoms with van der Waals surface area (Å²) in [4.78, 5) is 76.6. The molecule has 1 fully saturated rings. The number of rotatable bonds is 7. The number of imide groups is 1. The first-order chi connectivity index (χ1) is 14.5. The van der Waals surface area contributed by atoms with Crippen LogP contribution in [0.25, 0.3) is 0 Å². The zero-order valence-corrected chi connectivity index (χ0v) is 19.3. The van der Waals surface area contributed by atoms with Crippen LogP contribution in [0.5, 0.6) is 0 Å². The molecule has 1 aliphatic rings.